The first kappa shape index (κ1) is 12.7. The molecule has 2 rings (SSSR count). The lowest BCUT2D eigenvalue weighted by atomic mass is 10.1. The number of fused-ring (bicyclic) bond motifs is 1. The molecular weight excluding hydrogens is 220 g/mol. The van der Waals surface area contributed by atoms with Gasteiger partial charge >= 0.3 is 0 Å². The van der Waals surface area contributed by atoms with Crippen molar-refractivity contribution >= 4 is 10.9 Å². The fourth-order valence-corrected chi connectivity index (χ4v) is 2.05. The van der Waals surface area contributed by atoms with E-state index in [1.165, 1.54) is 16.6 Å². The molecule has 18 heavy (non-hydrogen) atoms. The SMILES string of the molecule is C#CCn1c(CNC(C)(C)C)cc2ccccc21. The smallest absolute Gasteiger partial charge is 0.0838 e. The third-order valence-electron chi connectivity index (χ3n) is 2.95. The van der Waals surface area contributed by atoms with Crippen LogP contribution < -0.4 is 5.32 Å². The molecule has 0 bridgehead atoms. The molecule has 0 radical (unpaired) electrons. The lowest BCUT2D eigenvalue weighted by Gasteiger charge is -2.21. The summed E-state index contributed by atoms with van der Waals surface area (Å²) in [7, 11) is 0. The number of terminal acetylenes is 1. The maximum absolute atomic E-state index is 5.47. The minimum atomic E-state index is 0.109. The minimum Gasteiger partial charge on any atom is -0.332 e. The zero-order valence-corrected chi connectivity index (χ0v) is 11.3. The first-order valence-electron chi connectivity index (χ1n) is 6.27. The standard InChI is InChI=1S/C16H20N2/c1-5-10-18-14(12-17-16(2,3)4)11-13-8-6-7-9-15(13)18/h1,6-9,11,17H,10,12H2,2-4H3. The van der Waals surface area contributed by atoms with Crippen molar-refractivity contribution in [1.82, 2.24) is 9.88 Å². The molecule has 0 saturated carbocycles. The third kappa shape index (κ3) is 2.75. The van der Waals surface area contributed by atoms with Crippen LogP contribution in [0.5, 0.6) is 0 Å². The first-order valence-corrected chi connectivity index (χ1v) is 6.27. The van der Waals surface area contributed by atoms with Crippen LogP contribution in [0.4, 0.5) is 0 Å². The van der Waals surface area contributed by atoms with Crippen LogP contribution >= 0.6 is 0 Å². The summed E-state index contributed by atoms with van der Waals surface area (Å²) in [5.74, 6) is 2.73. The Labute approximate surface area is 109 Å². The Balaban J connectivity index is 2.37. The van der Waals surface area contributed by atoms with Crippen LogP contribution in [0.25, 0.3) is 10.9 Å². The summed E-state index contributed by atoms with van der Waals surface area (Å²) in [4.78, 5) is 0. The molecule has 0 spiro atoms. The molecule has 1 heterocycles. The Morgan fingerprint density at radius 1 is 1.28 bits per heavy atom. The molecule has 0 unspecified atom stereocenters. The van der Waals surface area contributed by atoms with Crippen molar-refractivity contribution in [2.45, 2.75) is 39.4 Å². The van der Waals surface area contributed by atoms with Crippen LogP contribution in [-0.4, -0.2) is 10.1 Å². The van der Waals surface area contributed by atoms with Crippen molar-refractivity contribution in [3.05, 3.63) is 36.0 Å². The second-order valence-electron chi connectivity index (χ2n) is 5.59. The topological polar surface area (TPSA) is 17.0 Å². The van der Waals surface area contributed by atoms with E-state index >= 15 is 0 Å². The van der Waals surface area contributed by atoms with E-state index in [0.717, 1.165) is 6.54 Å². The fraction of sp³-hybridized carbons (Fsp3) is 0.375. The zero-order valence-electron chi connectivity index (χ0n) is 11.3. The molecule has 1 aromatic carbocycles. The van der Waals surface area contributed by atoms with E-state index in [2.05, 4.69) is 66.9 Å². The van der Waals surface area contributed by atoms with E-state index in [4.69, 9.17) is 6.42 Å². The summed E-state index contributed by atoms with van der Waals surface area (Å²) in [5.41, 5.74) is 2.56. The van der Waals surface area contributed by atoms with Crippen LogP contribution in [0.15, 0.2) is 30.3 Å². The highest BCUT2D eigenvalue weighted by Gasteiger charge is 2.12. The fourth-order valence-electron chi connectivity index (χ4n) is 2.05. The number of aromatic nitrogens is 1. The molecule has 0 fully saturated rings. The van der Waals surface area contributed by atoms with Gasteiger partial charge in [-0.25, -0.2) is 0 Å². The Morgan fingerprint density at radius 3 is 2.67 bits per heavy atom. The van der Waals surface area contributed by atoms with E-state index in [1.54, 1.807) is 0 Å². The van der Waals surface area contributed by atoms with Crippen molar-refractivity contribution < 1.29 is 0 Å². The van der Waals surface area contributed by atoms with Gasteiger partial charge in [-0.05, 0) is 38.3 Å². The van der Waals surface area contributed by atoms with Gasteiger partial charge in [-0.2, -0.15) is 0 Å². The molecule has 0 aliphatic rings. The van der Waals surface area contributed by atoms with E-state index in [-0.39, 0.29) is 5.54 Å². The maximum Gasteiger partial charge on any atom is 0.0838 e. The number of para-hydroxylation sites is 1. The number of hydrogen-bond donors (Lipinski definition) is 1. The summed E-state index contributed by atoms with van der Waals surface area (Å²) in [6, 6.07) is 10.6. The van der Waals surface area contributed by atoms with Crippen LogP contribution in [0.3, 0.4) is 0 Å². The molecule has 2 aromatic rings. The van der Waals surface area contributed by atoms with Crippen LogP contribution in [0.1, 0.15) is 26.5 Å². The lowest BCUT2D eigenvalue weighted by Crippen LogP contribution is -2.35. The number of nitrogens with one attached hydrogen (secondary N) is 1. The van der Waals surface area contributed by atoms with Gasteiger partial charge in [0.05, 0.1) is 6.54 Å². The first-order chi connectivity index (χ1) is 8.51. The van der Waals surface area contributed by atoms with Gasteiger partial charge in [0.2, 0.25) is 0 Å². The average Bonchev–Trinajstić information content (AvgIpc) is 2.65. The molecule has 1 aromatic heterocycles. The molecule has 0 aliphatic carbocycles. The minimum absolute atomic E-state index is 0.109. The van der Waals surface area contributed by atoms with Gasteiger partial charge in [-0.3, -0.25) is 0 Å². The van der Waals surface area contributed by atoms with Crippen LogP contribution in [0, 0.1) is 12.3 Å². The number of hydrogen-bond acceptors (Lipinski definition) is 1. The molecular formula is C16H20N2. The Bertz CT molecular complexity index is 579. The van der Waals surface area contributed by atoms with Crippen molar-refractivity contribution in [1.29, 1.82) is 0 Å². The normalized spacial score (nSPS) is 11.7. The van der Waals surface area contributed by atoms with Gasteiger partial charge < -0.3 is 9.88 Å². The second-order valence-corrected chi connectivity index (χ2v) is 5.59. The number of benzene rings is 1. The van der Waals surface area contributed by atoms with Crippen LogP contribution in [0.2, 0.25) is 0 Å². The highest BCUT2D eigenvalue weighted by Crippen LogP contribution is 2.20. The quantitative estimate of drug-likeness (QED) is 0.815. The van der Waals surface area contributed by atoms with Gasteiger partial charge in [0, 0.05) is 23.3 Å². The van der Waals surface area contributed by atoms with Crippen molar-refractivity contribution in [2.24, 2.45) is 0 Å². The van der Waals surface area contributed by atoms with E-state index < -0.39 is 0 Å². The average molecular weight is 240 g/mol. The van der Waals surface area contributed by atoms with Gasteiger partial charge in [0.15, 0.2) is 0 Å². The van der Waals surface area contributed by atoms with E-state index in [1.807, 2.05) is 0 Å². The largest absolute Gasteiger partial charge is 0.332 e. The Morgan fingerprint density at radius 2 is 2.00 bits per heavy atom. The predicted octanol–water partition coefficient (Wildman–Crippen LogP) is 3.16. The predicted molar refractivity (Wildman–Crippen MR) is 77.4 cm³/mol. The van der Waals surface area contributed by atoms with E-state index in [0.29, 0.717) is 6.54 Å². The molecule has 0 amide bonds. The van der Waals surface area contributed by atoms with Gasteiger partial charge in [-0.15, -0.1) is 6.42 Å². The Hall–Kier alpha value is -1.72. The molecule has 0 atom stereocenters. The van der Waals surface area contributed by atoms with Crippen LogP contribution in [-0.2, 0) is 13.1 Å². The van der Waals surface area contributed by atoms with Crippen molar-refractivity contribution in [2.75, 3.05) is 0 Å². The maximum atomic E-state index is 5.47. The highest BCUT2D eigenvalue weighted by molar-refractivity contribution is 5.81. The third-order valence-corrected chi connectivity index (χ3v) is 2.95. The molecule has 0 saturated heterocycles. The molecule has 2 nitrogen and oxygen atoms in total. The summed E-state index contributed by atoms with van der Waals surface area (Å²) in [6.07, 6.45) is 5.47. The lowest BCUT2D eigenvalue weighted by molar-refractivity contribution is 0.418. The van der Waals surface area contributed by atoms with Gasteiger partial charge in [0.1, 0.15) is 0 Å². The number of rotatable bonds is 3. The monoisotopic (exact) mass is 240 g/mol. The summed E-state index contributed by atoms with van der Waals surface area (Å²) in [5, 5.41) is 4.76. The highest BCUT2D eigenvalue weighted by atomic mass is 15.0. The zero-order chi connectivity index (χ0) is 13.2. The molecule has 2 heteroatoms. The van der Waals surface area contributed by atoms with E-state index in [9.17, 15) is 0 Å². The summed E-state index contributed by atoms with van der Waals surface area (Å²) < 4.78 is 2.20. The second kappa shape index (κ2) is 4.88. The van der Waals surface area contributed by atoms with Gasteiger partial charge in [-0.1, -0.05) is 24.1 Å². The van der Waals surface area contributed by atoms with Gasteiger partial charge in [0.25, 0.3) is 0 Å². The summed E-state index contributed by atoms with van der Waals surface area (Å²) >= 11 is 0. The number of nitrogens with zero attached hydrogens (tertiary/aromatic N) is 1. The molecule has 94 valence electrons. The van der Waals surface area contributed by atoms with Crippen molar-refractivity contribution in [3.63, 3.8) is 0 Å². The Kier molecular flexibility index (Phi) is 3.45. The molecule has 1 N–H and O–H groups in total. The molecule has 0 aliphatic heterocycles. The van der Waals surface area contributed by atoms with Crippen molar-refractivity contribution in [3.8, 4) is 12.3 Å². The summed E-state index contributed by atoms with van der Waals surface area (Å²) in [6.45, 7) is 7.96.